The Bertz CT molecular complexity index is 1160. The number of para-hydroxylation sites is 1. The second-order valence-corrected chi connectivity index (χ2v) is 11.1. The minimum atomic E-state index is -5.08. The lowest BCUT2D eigenvalue weighted by atomic mass is 9.76. The SMILES string of the molecule is CC(C)(C)CC(=O)N1CCC2(CC1)CC(CC(=O)Nc1cccnc1)c1ccccc1O2.O=C(O)C(F)(F)F. The summed E-state index contributed by atoms with van der Waals surface area (Å²) in [5, 5.41) is 10.1. The third kappa shape index (κ3) is 8.69. The number of aromatic nitrogens is 1. The lowest BCUT2D eigenvalue weighted by Crippen LogP contribution is -2.52. The van der Waals surface area contributed by atoms with Crippen molar-refractivity contribution in [2.45, 2.75) is 70.6 Å². The van der Waals surface area contributed by atoms with Crippen LogP contribution >= 0.6 is 0 Å². The summed E-state index contributed by atoms with van der Waals surface area (Å²) in [5.74, 6) is -1.61. The molecule has 1 fully saturated rings. The first-order chi connectivity index (χ1) is 18.2. The number of halogens is 3. The molecule has 39 heavy (non-hydrogen) atoms. The monoisotopic (exact) mass is 549 g/mol. The number of benzene rings is 1. The van der Waals surface area contributed by atoms with Crippen LogP contribution in [-0.4, -0.2) is 57.6 Å². The molecule has 8 nitrogen and oxygen atoms in total. The summed E-state index contributed by atoms with van der Waals surface area (Å²) < 4.78 is 38.3. The number of carbonyl (C=O) groups is 3. The largest absolute Gasteiger partial charge is 0.490 e. The predicted octanol–water partition coefficient (Wildman–Crippen LogP) is 5.41. The molecule has 2 aliphatic rings. The van der Waals surface area contributed by atoms with E-state index in [2.05, 4.69) is 37.1 Å². The molecule has 1 aromatic carbocycles. The van der Waals surface area contributed by atoms with Gasteiger partial charge in [0.05, 0.1) is 11.9 Å². The third-order valence-corrected chi connectivity index (χ3v) is 6.63. The van der Waals surface area contributed by atoms with Gasteiger partial charge < -0.3 is 20.1 Å². The Morgan fingerprint density at radius 3 is 2.31 bits per heavy atom. The van der Waals surface area contributed by atoms with E-state index < -0.39 is 12.1 Å². The lowest BCUT2D eigenvalue weighted by Gasteiger charge is -2.47. The quantitative estimate of drug-likeness (QED) is 0.528. The van der Waals surface area contributed by atoms with E-state index in [4.69, 9.17) is 14.6 Å². The number of pyridine rings is 1. The van der Waals surface area contributed by atoms with Crippen LogP contribution in [-0.2, 0) is 14.4 Å². The number of ether oxygens (including phenoxy) is 1. The molecule has 1 unspecified atom stereocenters. The number of nitrogens with zero attached hydrogens (tertiary/aromatic N) is 2. The molecule has 4 rings (SSSR count). The molecular weight excluding hydrogens is 515 g/mol. The van der Waals surface area contributed by atoms with Gasteiger partial charge in [-0.2, -0.15) is 13.2 Å². The standard InChI is InChI=1S/C26H33N3O3.C2HF3O2/c1-25(2,3)17-24(31)29-13-10-26(11-14-29)16-19(21-8-4-5-9-22(21)32-26)15-23(30)28-20-7-6-12-27-18-20;3-2(4,5)1(6)7/h4-9,12,18-19H,10-11,13-17H2,1-3H3,(H,28,30);(H,6,7). The summed E-state index contributed by atoms with van der Waals surface area (Å²) in [7, 11) is 0. The molecule has 2 aromatic rings. The van der Waals surface area contributed by atoms with Crippen molar-refractivity contribution in [1.82, 2.24) is 9.88 Å². The normalized spacial score (nSPS) is 18.2. The molecule has 1 aromatic heterocycles. The highest BCUT2D eigenvalue weighted by atomic mass is 19.4. The van der Waals surface area contributed by atoms with Gasteiger partial charge in [-0.3, -0.25) is 14.6 Å². The number of piperidine rings is 1. The summed E-state index contributed by atoms with van der Waals surface area (Å²) in [6.07, 6.45) is 1.57. The molecule has 0 saturated carbocycles. The number of nitrogens with one attached hydrogen (secondary N) is 1. The van der Waals surface area contributed by atoms with Gasteiger partial charge in [0, 0.05) is 50.9 Å². The number of amides is 2. The summed E-state index contributed by atoms with van der Waals surface area (Å²) in [5.41, 5.74) is 1.45. The molecule has 0 radical (unpaired) electrons. The van der Waals surface area contributed by atoms with Crippen molar-refractivity contribution in [3.05, 3.63) is 54.4 Å². The number of hydrogen-bond acceptors (Lipinski definition) is 5. The van der Waals surface area contributed by atoms with E-state index in [-0.39, 0.29) is 28.7 Å². The number of anilines is 1. The molecule has 0 aliphatic carbocycles. The van der Waals surface area contributed by atoms with Crippen molar-refractivity contribution in [1.29, 1.82) is 0 Å². The Morgan fingerprint density at radius 2 is 1.74 bits per heavy atom. The molecule has 11 heteroatoms. The number of aliphatic carboxylic acids is 1. The smallest absolute Gasteiger partial charge is 0.487 e. The van der Waals surface area contributed by atoms with Gasteiger partial charge in [-0.15, -0.1) is 0 Å². The van der Waals surface area contributed by atoms with Crippen LogP contribution in [0.5, 0.6) is 5.75 Å². The molecule has 2 aliphatic heterocycles. The van der Waals surface area contributed by atoms with Gasteiger partial charge >= 0.3 is 12.1 Å². The number of carbonyl (C=O) groups excluding carboxylic acids is 2. The number of likely N-dealkylation sites (tertiary alicyclic amines) is 1. The lowest BCUT2D eigenvalue weighted by molar-refractivity contribution is -0.192. The van der Waals surface area contributed by atoms with E-state index in [1.165, 1.54) is 0 Å². The van der Waals surface area contributed by atoms with Crippen molar-refractivity contribution in [2.24, 2.45) is 5.41 Å². The zero-order valence-corrected chi connectivity index (χ0v) is 22.3. The van der Waals surface area contributed by atoms with Crippen molar-refractivity contribution in [3.63, 3.8) is 0 Å². The van der Waals surface area contributed by atoms with Crippen LogP contribution in [0.2, 0.25) is 0 Å². The van der Waals surface area contributed by atoms with E-state index in [9.17, 15) is 22.8 Å². The molecule has 1 saturated heterocycles. The second kappa shape index (κ2) is 12.0. The van der Waals surface area contributed by atoms with E-state index in [1.807, 2.05) is 35.2 Å². The zero-order chi connectivity index (χ0) is 28.8. The molecule has 3 heterocycles. The third-order valence-electron chi connectivity index (χ3n) is 6.63. The number of fused-ring (bicyclic) bond motifs is 1. The minimum Gasteiger partial charge on any atom is -0.487 e. The van der Waals surface area contributed by atoms with Gasteiger partial charge in [0.1, 0.15) is 11.4 Å². The van der Waals surface area contributed by atoms with E-state index >= 15 is 0 Å². The van der Waals surface area contributed by atoms with Crippen LogP contribution < -0.4 is 10.1 Å². The summed E-state index contributed by atoms with van der Waals surface area (Å²) in [6.45, 7) is 7.69. The highest BCUT2D eigenvalue weighted by molar-refractivity contribution is 5.91. The van der Waals surface area contributed by atoms with Crippen LogP contribution in [0.15, 0.2) is 48.8 Å². The molecular formula is C28H34F3N3O5. The first-order valence-electron chi connectivity index (χ1n) is 12.7. The van der Waals surface area contributed by atoms with Gasteiger partial charge in [0.2, 0.25) is 11.8 Å². The summed E-state index contributed by atoms with van der Waals surface area (Å²) in [6, 6.07) is 11.7. The number of rotatable bonds is 4. The van der Waals surface area contributed by atoms with E-state index in [1.54, 1.807) is 12.4 Å². The Kier molecular flexibility index (Phi) is 9.24. The van der Waals surface area contributed by atoms with Gasteiger partial charge in [-0.25, -0.2) is 4.79 Å². The molecule has 1 spiro atoms. The zero-order valence-electron chi connectivity index (χ0n) is 22.3. The Hall–Kier alpha value is -3.63. The molecule has 2 N–H and O–H groups in total. The average molecular weight is 550 g/mol. The van der Waals surface area contributed by atoms with Crippen LogP contribution in [0.25, 0.3) is 0 Å². The number of carboxylic acids is 1. The number of alkyl halides is 3. The second-order valence-electron chi connectivity index (χ2n) is 11.1. The first-order valence-corrected chi connectivity index (χ1v) is 12.7. The van der Waals surface area contributed by atoms with Crippen LogP contribution in [0.1, 0.15) is 64.4 Å². The maximum Gasteiger partial charge on any atom is 0.490 e. The number of hydrogen-bond donors (Lipinski definition) is 2. The number of carboxylic acid groups (broad SMARTS) is 1. The predicted molar refractivity (Wildman–Crippen MR) is 138 cm³/mol. The van der Waals surface area contributed by atoms with Crippen LogP contribution in [0, 0.1) is 5.41 Å². The topological polar surface area (TPSA) is 109 Å². The van der Waals surface area contributed by atoms with Gasteiger partial charge in [-0.05, 0) is 35.6 Å². The fourth-order valence-electron chi connectivity index (χ4n) is 4.83. The maximum atomic E-state index is 12.8. The van der Waals surface area contributed by atoms with E-state index in [0.717, 1.165) is 30.6 Å². The van der Waals surface area contributed by atoms with Gasteiger partial charge in [0.25, 0.3) is 0 Å². The minimum absolute atomic E-state index is 0.0147. The van der Waals surface area contributed by atoms with Gasteiger partial charge in [0.15, 0.2) is 0 Å². The fraction of sp³-hybridized carbons (Fsp3) is 0.500. The van der Waals surface area contributed by atoms with E-state index in [0.29, 0.717) is 31.6 Å². The first kappa shape index (κ1) is 29.9. The van der Waals surface area contributed by atoms with Crippen molar-refractivity contribution in [3.8, 4) is 5.75 Å². The average Bonchev–Trinajstić information content (AvgIpc) is 2.84. The Labute approximate surface area is 225 Å². The molecule has 0 bridgehead atoms. The highest BCUT2D eigenvalue weighted by Crippen LogP contribution is 2.46. The summed E-state index contributed by atoms with van der Waals surface area (Å²) in [4.78, 5) is 40.4. The Balaban J connectivity index is 0.000000532. The fourth-order valence-corrected chi connectivity index (χ4v) is 4.83. The summed E-state index contributed by atoms with van der Waals surface area (Å²) >= 11 is 0. The van der Waals surface area contributed by atoms with Crippen molar-refractivity contribution in [2.75, 3.05) is 18.4 Å². The maximum absolute atomic E-state index is 12.8. The molecule has 212 valence electrons. The van der Waals surface area contributed by atoms with Gasteiger partial charge in [-0.1, -0.05) is 39.0 Å². The molecule has 2 amide bonds. The highest BCUT2D eigenvalue weighted by Gasteiger charge is 2.44. The van der Waals surface area contributed by atoms with Crippen molar-refractivity contribution >= 4 is 23.5 Å². The Morgan fingerprint density at radius 1 is 1.10 bits per heavy atom. The molecule has 1 atom stereocenters. The van der Waals surface area contributed by atoms with Crippen LogP contribution in [0.4, 0.5) is 18.9 Å². The van der Waals surface area contributed by atoms with Crippen molar-refractivity contribution < 1.29 is 37.4 Å². The van der Waals surface area contributed by atoms with Crippen LogP contribution in [0.3, 0.4) is 0 Å².